The van der Waals surface area contributed by atoms with Gasteiger partial charge in [-0.2, -0.15) is 0 Å². The fraction of sp³-hybridized carbons (Fsp3) is 0.160. The van der Waals surface area contributed by atoms with Crippen LogP contribution in [0.2, 0.25) is 0 Å². The summed E-state index contributed by atoms with van der Waals surface area (Å²) in [6.07, 6.45) is 3.20. The van der Waals surface area contributed by atoms with Gasteiger partial charge in [-0.05, 0) is 36.6 Å². The van der Waals surface area contributed by atoms with Crippen molar-refractivity contribution in [2.24, 2.45) is 0 Å². The maximum absolute atomic E-state index is 13.1. The average molecular weight is 413 g/mol. The monoisotopic (exact) mass is 413 g/mol. The molecule has 3 aromatic rings. The number of hydrogen-bond acceptors (Lipinski definition) is 5. The average Bonchev–Trinajstić information content (AvgIpc) is 2.78. The minimum atomic E-state index is -0.493. The summed E-state index contributed by atoms with van der Waals surface area (Å²) in [5, 5.41) is 2.79. The van der Waals surface area contributed by atoms with Gasteiger partial charge in [0.05, 0.1) is 22.4 Å². The van der Waals surface area contributed by atoms with Crippen molar-refractivity contribution in [1.82, 2.24) is 0 Å². The van der Waals surface area contributed by atoms with E-state index in [9.17, 15) is 14.4 Å². The highest BCUT2D eigenvalue weighted by Gasteiger charge is 2.34. The van der Waals surface area contributed by atoms with Crippen molar-refractivity contribution in [3.8, 4) is 0 Å². The normalized spacial score (nSPS) is 12.3. The van der Waals surface area contributed by atoms with Crippen LogP contribution in [-0.4, -0.2) is 17.5 Å². The highest BCUT2D eigenvalue weighted by Crippen LogP contribution is 2.36. The van der Waals surface area contributed by atoms with Gasteiger partial charge in [-0.25, -0.2) is 0 Å². The molecule has 0 aliphatic heterocycles. The van der Waals surface area contributed by atoms with Gasteiger partial charge >= 0.3 is 0 Å². The molecular weight excluding hydrogens is 390 g/mol. The molecule has 3 aromatic carbocycles. The van der Waals surface area contributed by atoms with Crippen LogP contribution in [-0.2, 0) is 6.42 Å². The summed E-state index contributed by atoms with van der Waals surface area (Å²) in [6, 6.07) is 15.5. The highest BCUT2D eigenvalue weighted by molar-refractivity contribution is 6.33. The number of hydrogen-bond donors (Lipinski definition) is 3. The molecule has 31 heavy (non-hydrogen) atoms. The van der Waals surface area contributed by atoms with E-state index in [0.717, 1.165) is 19.3 Å². The molecule has 1 aliphatic rings. The molecule has 5 N–H and O–H groups in total. The van der Waals surface area contributed by atoms with Gasteiger partial charge in [-0.15, -0.1) is 0 Å². The van der Waals surface area contributed by atoms with Crippen LogP contribution in [0.15, 0.2) is 54.6 Å². The number of benzene rings is 3. The Morgan fingerprint density at radius 2 is 1.52 bits per heavy atom. The molecule has 0 atom stereocenters. The van der Waals surface area contributed by atoms with Gasteiger partial charge in [0, 0.05) is 22.5 Å². The minimum Gasteiger partial charge on any atom is -0.398 e. The van der Waals surface area contributed by atoms with Crippen LogP contribution in [0.1, 0.15) is 67.5 Å². The predicted molar refractivity (Wildman–Crippen MR) is 122 cm³/mol. The smallest absolute Gasteiger partial charge is 0.257 e. The topological polar surface area (TPSA) is 115 Å². The van der Waals surface area contributed by atoms with Crippen molar-refractivity contribution in [1.29, 1.82) is 0 Å². The Bertz CT molecular complexity index is 1210. The fourth-order valence-corrected chi connectivity index (χ4v) is 3.87. The van der Waals surface area contributed by atoms with E-state index in [1.165, 1.54) is 11.6 Å². The SMILES string of the molecule is CCCCc1ccc(NC(=O)c2cc(N)c3c(c2N)C(=O)c2ccccc2C3=O)cc1. The molecule has 6 heteroatoms. The molecule has 0 fully saturated rings. The molecule has 0 saturated carbocycles. The third-order valence-corrected chi connectivity index (χ3v) is 5.54. The van der Waals surface area contributed by atoms with E-state index in [-0.39, 0.29) is 45.0 Å². The first kappa shape index (κ1) is 20.3. The maximum atomic E-state index is 13.1. The first-order chi connectivity index (χ1) is 14.9. The molecule has 0 saturated heterocycles. The van der Waals surface area contributed by atoms with E-state index in [4.69, 9.17) is 11.5 Å². The minimum absolute atomic E-state index is 0.0104. The van der Waals surface area contributed by atoms with Crippen molar-refractivity contribution in [2.75, 3.05) is 16.8 Å². The molecule has 1 aliphatic carbocycles. The Balaban J connectivity index is 1.68. The standard InChI is InChI=1S/C25H23N3O3/c1-2-3-6-14-9-11-15(12-10-14)28-25(31)18-13-19(26)20-21(22(18)27)24(30)17-8-5-4-7-16(17)23(20)29/h4-5,7-13H,2-3,6,26-27H2,1H3,(H,28,31). The number of fused-ring (bicyclic) bond motifs is 2. The summed E-state index contributed by atoms with van der Waals surface area (Å²) >= 11 is 0. The lowest BCUT2D eigenvalue weighted by molar-refractivity contribution is 0.0979. The molecule has 1 amide bonds. The van der Waals surface area contributed by atoms with Crippen LogP contribution >= 0.6 is 0 Å². The summed E-state index contributed by atoms with van der Waals surface area (Å²) in [7, 11) is 0. The lowest BCUT2D eigenvalue weighted by Gasteiger charge is -2.22. The highest BCUT2D eigenvalue weighted by atomic mass is 16.2. The van der Waals surface area contributed by atoms with E-state index in [1.54, 1.807) is 24.3 Å². The molecule has 0 spiro atoms. The predicted octanol–water partition coefficient (Wildman–Crippen LogP) is 4.22. The van der Waals surface area contributed by atoms with E-state index < -0.39 is 11.7 Å². The van der Waals surface area contributed by atoms with E-state index in [1.807, 2.05) is 24.3 Å². The van der Waals surface area contributed by atoms with Crippen molar-refractivity contribution >= 4 is 34.5 Å². The van der Waals surface area contributed by atoms with E-state index in [2.05, 4.69) is 12.2 Å². The Labute approximate surface area is 180 Å². The lowest BCUT2D eigenvalue weighted by Crippen LogP contribution is -2.26. The van der Waals surface area contributed by atoms with Crippen LogP contribution in [0.25, 0.3) is 0 Å². The van der Waals surface area contributed by atoms with Gasteiger partial charge < -0.3 is 16.8 Å². The maximum Gasteiger partial charge on any atom is 0.257 e. The first-order valence-electron chi connectivity index (χ1n) is 10.2. The molecule has 0 heterocycles. The van der Waals surface area contributed by atoms with Gasteiger partial charge in [-0.1, -0.05) is 49.7 Å². The number of nitrogen functional groups attached to an aromatic ring is 2. The molecule has 0 aromatic heterocycles. The number of unbranched alkanes of at least 4 members (excludes halogenated alkanes) is 1. The van der Waals surface area contributed by atoms with Gasteiger partial charge in [0.1, 0.15) is 0 Å². The van der Waals surface area contributed by atoms with E-state index in [0.29, 0.717) is 5.69 Å². The number of carbonyl (C=O) groups is 3. The Kier molecular flexibility index (Phi) is 5.29. The van der Waals surface area contributed by atoms with Crippen LogP contribution in [0, 0.1) is 0 Å². The molecule has 0 bridgehead atoms. The van der Waals surface area contributed by atoms with Crippen molar-refractivity contribution in [3.63, 3.8) is 0 Å². The van der Waals surface area contributed by atoms with Crippen molar-refractivity contribution < 1.29 is 14.4 Å². The quantitative estimate of drug-likeness (QED) is 0.424. The number of anilines is 3. The van der Waals surface area contributed by atoms with Crippen molar-refractivity contribution in [2.45, 2.75) is 26.2 Å². The Morgan fingerprint density at radius 3 is 2.13 bits per heavy atom. The zero-order valence-electron chi connectivity index (χ0n) is 17.2. The lowest BCUT2D eigenvalue weighted by atomic mass is 9.81. The van der Waals surface area contributed by atoms with Crippen LogP contribution in [0.4, 0.5) is 17.1 Å². The Hall–Kier alpha value is -3.93. The number of carbonyl (C=O) groups excluding carboxylic acids is 3. The summed E-state index contributed by atoms with van der Waals surface area (Å²) < 4.78 is 0. The summed E-state index contributed by atoms with van der Waals surface area (Å²) in [6.45, 7) is 2.14. The molecular formula is C25H23N3O3. The number of rotatable bonds is 5. The summed E-state index contributed by atoms with van der Waals surface area (Å²) in [5.74, 6) is -1.28. The Morgan fingerprint density at radius 1 is 0.903 bits per heavy atom. The number of nitrogens with one attached hydrogen (secondary N) is 1. The molecule has 4 rings (SSSR count). The summed E-state index contributed by atoms with van der Waals surface area (Å²) in [4.78, 5) is 38.9. The zero-order valence-corrected chi connectivity index (χ0v) is 17.2. The van der Waals surface area contributed by atoms with Gasteiger partial charge in [0.2, 0.25) is 0 Å². The van der Waals surface area contributed by atoms with Crippen molar-refractivity contribution in [3.05, 3.63) is 88.0 Å². The van der Waals surface area contributed by atoms with Crippen LogP contribution in [0.5, 0.6) is 0 Å². The fourth-order valence-electron chi connectivity index (χ4n) is 3.87. The number of aryl methyl sites for hydroxylation is 1. The summed E-state index contributed by atoms with van der Waals surface area (Å²) in [5.41, 5.74) is 14.8. The second kappa shape index (κ2) is 8.07. The second-order valence-corrected chi connectivity index (χ2v) is 7.64. The van der Waals surface area contributed by atoms with Crippen LogP contribution in [0.3, 0.4) is 0 Å². The molecule has 156 valence electrons. The molecule has 0 radical (unpaired) electrons. The molecule has 6 nitrogen and oxygen atoms in total. The second-order valence-electron chi connectivity index (χ2n) is 7.64. The third kappa shape index (κ3) is 3.57. The van der Waals surface area contributed by atoms with Crippen LogP contribution < -0.4 is 16.8 Å². The van der Waals surface area contributed by atoms with Gasteiger partial charge in [0.25, 0.3) is 5.91 Å². The zero-order chi connectivity index (χ0) is 22.1. The largest absolute Gasteiger partial charge is 0.398 e. The number of ketones is 2. The number of nitrogens with two attached hydrogens (primary N) is 2. The van der Waals surface area contributed by atoms with Gasteiger partial charge in [0.15, 0.2) is 11.6 Å². The molecule has 0 unspecified atom stereocenters. The van der Waals surface area contributed by atoms with E-state index >= 15 is 0 Å². The third-order valence-electron chi connectivity index (χ3n) is 5.54. The number of amides is 1. The first-order valence-corrected chi connectivity index (χ1v) is 10.2. The van der Waals surface area contributed by atoms with Gasteiger partial charge in [-0.3, -0.25) is 14.4 Å².